The lowest BCUT2D eigenvalue weighted by atomic mass is 9.99. The molecule has 0 bridgehead atoms. The molecule has 7 heteroatoms. The Bertz CT molecular complexity index is 726. The third-order valence-electron chi connectivity index (χ3n) is 4.32. The molecule has 0 amide bonds. The summed E-state index contributed by atoms with van der Waals surface area (Å²) >= 11 is 3.49. The van der Waals surface area contributed by atoms with E-state index >= 15 is 0 Å². The number of hydrogen-bond acceptors (Lipinski definition) is 4. The number of guanidine groups is 1. The normalized spacial score (nSPS) is 11.7. The van der Waals surface area contributed by atoms with Crippen LogP contribution in [0.2, 0.25) is 0 Å². The maximum absolute atomic E-state index is 5.44. The van der Waals surface area contributed by atoms with Crippen LogP contribution in [0.4, 0.5) is 0 Å². The zero-order valence-corrected chi connectivity index (χ0v) is 17.4. The molecule has 0 aliphatic rings. The van der Waals surface area contributed by atoms with Gasteiger partial charge in [0.05, 0.1) is 19.3 Å². The van der Waals surface area contributed by atoms with Crippen molar-refractivity contribution in [2.75, 3.05) is 14.2 Å². The molecule has 2 rings (SSSR count). The van der Waals surface area contributed by atoms with Gasteiger partial charge in [-0.15, -0.1) is 0 Å². The molecule has 0 radical (unpaired) electrons. The summed E-state index contributed by atoms with van der Waals surface area (Å²) in [6.07, 6.45) is 2.13. The summed E-state index contributed by atoms with van der Waals surface area (Å²) in [5, 5.41) is 10.7. The first-order valence-corrected chi connectivity index (χ1v) is 9.62. The predicted molar refractivity (Wildman–Crippen MR) is 108 cm³/mol. The molecule has 0 fully saturated rings. The molecule has 1 heterocycles. The molecule has 26 heavy (non-hydrogen) atoms. The predicted octanol–water partition coefficient (Wildman–Crippen LogP) is 4.21. The minimum absolute atomic E-state index is 0.453. The summed E-state index contributed by atoms with van der Waals surface area (Å²) in [4.78, 5) is 4.25. The van der Waals surface area contributed by atoms with Crippen LogP contribution in [0.5, 0.6) is 5.75 Å². The van der Waals surface area contributed by atoms with E-state index in [0.29, 0.717) is 25.0 Å². The third-order valence-corrected chi connectivity index (χ3v) is 4.82. The molecular formula is C19H27BrN4O2. The number of nitrogens with zero attached hydrogens (tertiary/aromatic N) is 2. The summed E-state index contributed by atoms with van der Waals surface area (Å²) in [6.45, 7) is 5.46. The van der Waals surface area contributed by atoms with Gasteiger partial charge in [-0.3, -0.25) is 4.99 Å². The third kappa shape index (κ3) is 5.49. The van der Waals surface area contributed by atoms with Crippen LogP contribution in [0.1, 0.15) is 49.6 Å². The molecule has 0 aliphatic heterocycles. The Labute approximate surface area is 163 Å². The Morgan fingerprint density at radius 2 is 1.96 bits per heavy atom. The Hall–Kier alpha value is -2.02. The van der Waals surface area contributed by atoms with E-state index < -0.39 is 0 Å². The number of methoxy groups -OCH3 is 1. The molecule has 0 aliphatic carbocycles. The van der Waals surface area contributed by atoms with Gasteiger partial charge in [-0.25, -0.2) is 0 Å². The fourth-order valence-corrected chi connectivity index (χ4v) is 3.18. The largest absolute Gasteiger partial charge is 0.496 e. The fraction of sp³-hybridized carbons (Fsp3) is 0.474. The summed E-state index contributed by atoms with van der Waals surface area (Å²) < 4.78 is 11.8. The summed E-state index contributed by atoms with van der Waals surface area (Å²) in [5.74, 6) is 2.78. The first-order valence-electron chi connectivity index (χ1n) is 8.83. The van der Waals surface area contributed by atoms with E-state index in [2.05, 4.69) is 50.6 Å². The van der Waals surface area contributed by atoms with Gasteiger partial charge in [-0.1, -0.05) is 34.9 Å². The molecule has 1 aromatic carbocycles. The summed E-state index contributed by atoms with van der Waals surface area (Å²) in [6, 6.07) is 7.94. The zero-order chi connectivity index (χ0) is 18.9. The van der Waals surface area contributed by atoms with E-state index in [1.54, 1.807) is 14.2 Å². The van der Waals surface area contributed by atoms with E-state index in [-0.39, 0.29) is 0 Å². The lowest BCUT2D eigenvalue weighted by molar-refractivity contribution is 0.368. The van der Waals surface area contributed by atoms with Gasteiger partial charge in [0.15, 0.2) is 11.7 Å². The molecule has 142 valence electrons. The van der Waals surface area contributed by atoms with Gasteiger partial charge in [0, 0.05) is 35.6 Å². The minimum atomic E-state index is 0.453. The topological polar surface area (TPSA) is 71.7 Å². The number of rotatable bonds is 8. The van der Waals surface area contributed by atoms with Gasteiger partial charge in [0.25, 0.3) is 0 Å². The molecule has 6 nitrogen and oxygen atoms in total. The molecule has 2 N–H and O–H groups in total. The fourth-order valence-electron chi connectivity index (χ4n) is 2.77. The van der Waals surface area contributed by atoms with E-state index in [9.17, 15) is 0 Å². The smallest absolute Gasteiger partial charge is 0.191 e. The highest BCUT2D eigenvalue weighted by molar-refractivity contribution is 9.10. The van der Waals surface area contributed by atoms with E-state index in [0.717, 1.165) is 40.1 Å². The second-order valence-electron chi connectivity index (χ2n) is 5.97. The van der Waals surface area contributed by atoms with Crippen molar-refractivity contribution in [3.05, 3.63) is 45.8 Å². The molecule has 0 unspecified atom stereocenters. The first-order chi connectivity index (χ1) is 12.6. The number of halogens is 1. The van der Waals surface area contributed by atoms with Crippen LogP contribution in [-0.2, 0) is 13.1 Å². The van der Waals surface area contributed by atoms with Gasteiger partial charge in [-0.05, 0) is 31.0 Å². The highest BCUT2D eigenvalue weighted by atomic mass is 79.9. The maximum atomic E-state index is 5.44. The molecule has 0 spiro atoms. The Morgan fingerprint density at radius 1 is 1.23 bits per heavy atom. The average Bonchev–Trinajstić information content (AvgIpc) is 3.12. The zero-order valence-electron chi connectivity index (χ0n) is 15.8. The molecule has 0 saturated carbocycles. The minimum Gasteiger partial charge on any atom is -0.496 e. The van der Waals surface area contributed by atoms with Crippen LogP contribution >= 0.6 is 15.9 Å². The van der Waals surface area contributed by atoms with Gasteiger partial charge < -0.3 is 19.9 Å². The van der Waals surface area contributed by atoms with Crippen molar-refractivity contribution >= 4 is 21.9 Å². The lowest BCUT2D eigenvalue weighted by Gasteiger charge is -2.13. The second kappa shape index (κ2) is 10.2. The maximum Gasteiger partial charge on any atom is 0.191 e. The van der Waals surface area contributed by atoms with Crippen molar-refractivity contribution in [1.29, 1.82) is 0 Å². The Morgan fingerprint density at radius 3 is 2.62 bits per heavy atom. The SMILES string of the molecule is CCC(CC)c1cc(CNC(=NC)NCc2cc(Br)ccc2OC)on1. The Balaban J connectivity index is 1.91. The number of hydrogen-bond donors (Lipinski definition) is 2. The average molecular weight is 423 g/mol. The second-order valence-corrected chi connectivity index (χ2v) is 6.88. The number of aromatic nitrogens is 1. The van der Waals surface area contributed by atoms with E-state index in [4.69, 9.17) is 9.26 Å². The molecular weight excluding hydrogens is 396 g/mol. The van der Waals surface area contributed by atoms with Crippen LogP contribution in [0.25, 0.3) is 0 Å². The number of nitrogens with one attached hydrogen (secondary N) is 2. The van der Waals surface area contributed by atoms with E-state index in [1.165, 1.54) is 0 Å². The monoisotopic (exact) mass is 422 g/mol. The van der Waals surface area contributed by atoms with Crippen molar-refractivity contribution in [2.24, 2.45) is 4.99 Å². The lowest BCUT2D eigenvalue weighted by Crippen LogP contribution is -2.36. The highest BCUT2D eigenvalue weighted by Crippen LogP contribution is 2.23. The number of benzene rings is 1. The Kier molecular flexibility index (Phi) is 7.97. The van der Waals surface area contributed by atoms with Crippen molar-refractivity contribution in [3.8, 4) is 5.75 Å². The number of aliphatic imine (C=N–C) groups is 1. The van der Waals surface area contributed by atoms with Gasteiger partial charge in [-0.2, -0.15) is 0 Å². The van der Waals surface area contributed by atoms with E-state index in [1.807, 2.05) is 24.3 Å². The highest BCUT2D eigenvalue weighted by Gasteiger charge is 2.13. The first kappa shape index (κ1) is 20.3. The molecule has 0 atom stereocenters. The van der Waals surface area contributed by atoms with Crippen LogP contribution in [0.3, 0.4) is 0 Å². The van der Waals surface area contributed by atoms with Crippen LogP contribution in [0, 0.1) is 0 Å². The summed E-state index contributed by atoms with van der Waals surface area (Å²) in [5.41, 5.74) is 2.06. The molecule has 1 aromatic heterocycles. The standard InChI is InChI=1S/C19H27BrN4O2/c1-5-13(6-2)17-10-16(26-24-17)12-23-19(21-3)22-11-14-9-15(20)7-8-18(14)25-4/h7-10,13H,5-6,11-12H2,1-4H3,(H2,21,22,23). The number of ether oxygens (including phenoxy) is 1. The van der Waals surface area contributed by atoms with Gasteiger partial charge in [0.1, 0.15) is 5.75 Å². The molecule has 0 saturated heterocycles. The van der Waals surface area contributed by atoms with Crippen LogP contribution in [0.15, 0.2) is 38.3 Å². The van der Waals surface area contributed by atoms with Gasteiger partial charge in [0.2, 0.25) is 0 Å². The van der Waals surface area contributed by atoms with Crippen LogP contribution < -0.4 is 15.4 Å². The molecule has 2 aromatic rings. The van der Waals surface area contributed by atoms with Crippen molar-refractivity contribution in [1.82, 2.24) is 15.8 Å². The quantitative estimate of drug-likeness (QED) is 0.492. The van der Waals surface area contributed by atoms with Crippen molar-refractivity contribution in [3.63, 3.8) is 0 Å². The summed E-state index contributed by atoms with van der Waals surface area (Å²) in [7, 11) is 3.41. The van der Waals surface area contributed by atoms with Crippen LogP contribution in [-0.4, -0.2) is 25.3 Å². The van der Waals surface area contributed by atoms with Crippen molar-refractivity contribution < 1.29 is 9.26 Å². The van der Waals surface area contributed by atoms with Gasteiger partial charge >= 0.3 is 0 Å². The van der Waals surface area contributed by atoms with Crippen molar-refractivity contribution in [2.45, 2.75) is 45.7 Å².